The van der Waals surface area contributed by atoms with Crippen LogP contribution in [-0.4, -0.2) is 24.3 Å². The second-order valence-corrected chi connectivity index (χ2v) is 5.74. The molecule has 2 aromatic rings. The van der Waals surface area contributed by atoms with Crippen LogP contribution in [0.25, 0.3) is 6.08 Å². The number of amides is 3. The third-order valence-corrected chi connectivity index (χ3v) is 3.58. The number of benzene rings is 2. The number of primary amides is 1. The predicted molar refractivity (Wildman–Crippen MR) is 101 cm³/mol. The smallest absolute Gasteiger partial charge is 0.248 e. The van der Waals surface area contributed by atoms with Gasteiger partial charge >= 0.3 is 0 Å². The Morgan fingerprint density at radius 1 is 1.08 bits per heavy atom. The lowest BCUT2D eigenvalue weighted by Gasteiger charge is -2.04. The molecule has 0 aliphatic heterocycles. The second kappa shape index (κ2) is 9.17. The molecule has 6 nitrogen and oxygen atoms in total. The van der Waals surface area contributed by atoms with E-state index < -0.39 is 5.91 Å². The van der Waals surface area contributed by atoms with E-state index in [0.29, 0.717) is 24.2 Å². The van der Waals surface area contributed by atoms with Gasteiger partial charge in [0.25, 0.3) is 0 Å². The lowest BCUT2D eigenvalue weighted by atomic mass is 10.1. The Morgan fingerprint density at radius 2 is 1.81 bits per heavy atom. The lowest BCUT2D eigenvalue weighted by Crippen LogP contribution is -2.23. The molecule has 0 heterocycles. The predicted octanol–water partition coefficient (Wildman–Crippen LogP) is 2.12. The molecule has 0 atom stereocenters. The summed E-state index contributed by atoms with van der Waals surface area (Å²) in [7, 11) is 0. The zero-order valence-electron chi connectivity index (χ0n) is 14.5. The molecule has 2 rings (SSSR count). The van der Waals surface area contributed by atoms with E-state index in [9.17, 15) is 14.4 Å². The van der Waals surface area contributed by atoms with Crippen molar-refractivity contribution in [1.82, 2.24) is 5.32 Å². The van der Waals surface area contributed by atoms with E-state index in [0.717, 1.165) is 11.1 Å². The zero-order valence-corrected chi connectivity index (χ0v) is 14.5. The summed E-state index contributed by atoms with van der Waals surface area (Å²) >= 11 is 0. The fourth-order valence-corrected chi connectivity index (χ4v) is 2.32. The first-order valence-electron chi connectivity index (χ1n) is 8.16. The van der Waals surface area contributed by atoms with E-state index in [4.69, 9.17) is 5.73 Å². The van der Waals surface area contributed by atoms with Gasteiger partial charge in [-0.3, -0.25) is 14.4 Å². The van der Waals surface area contributed by atoms with Gasteiger partial charge in [-0.1, -0.05) is 24.3 Å². The molecule has 0 radical (unpaired) electrons. The van der Waals surface area contributed by atoms with Gasteiger partial charge in [-0.15, -0.1) is 0 Å². The van der Waals surface area contributed by atoms with Crippen molar-refractivity contribution in [2.24, 2.45) is 5.73 Å². The summed E-state index contributed by atoms with van der Waals surface area (Å²) in [5.74, 6) is -0.806. The van der Waals surface area contributed by atoms with Gasteiger partial charge < -0.3 is 16.4 Å². The molecule has 2 aromatic carbocycles. The van der Waals surface area contributed by atoms with Crippen LogP contribution in [-0.2, 0) is 16.0 Å². The Balaban J connectivity index is 1.81. The lowest BCUT2D eigenvalue weighted by molar-refractivity contribution is -0.116. The van der Waals surface area contributed by atoms with Crippen LogP contribution in [0.1, 0.15) is 28.4 Å². The van der Waals surface area contributed by atoms with E-state index in [2.05, 4.69) is 10.6 Å². The molecule has 0 aliphatic rings. The van der Waals surface area contributed by atoms with Gasteiger partial charge in [0.2, 0.25) is 17.7 Å². The summed E-state index contributed by atoms with van der Waals surface area (Å²) in [6, 6.07) is 14.2. The maximum Gasteiger partial charge on any atom is 0.248 e. The average molecular weight is 351 g/mol. The van der Waals surface area contributed by atoms with Crippen molar-refractivity contribution in [1.29, 1.82) is 0 Å². The molecule has 0 saturated heterocycles. The van der Waals surface area contributed by atoms with E-state index in [1.165, 1.54) is 13.0 Å². The largest absolute Gasteiger partial charge is 0.366 e. The first-order chi connectivity index (χ1) is 12.4. The van der Waals surface area contributed by atoms with Crippen LogP contribution < -0.4 is 16.4 Å². The second-order valence-electron chi connectivity index (χ2n) is 5.74. The highest BCUT2D eigenvalue weighted by molar-refractivity contribution is 5.93. The third kappa shape index (κ3) is 6.24. The molecule has 3 amide bonds. The van der Waals surface area contributed by atoms with Crippen LogP contribution in [0.2, 0.25) is 0 Å². The Hall–Kier alpha value is -3.41. The number of hydrogen-bond acceptors (Lipinski definition) is 3. The van der Waals surface area contributed by atoms with Crippen molar-refractivity contribution in [3.63, 3.8) is 0 Å². The molecule has 26 heavy (non-hydrogen) atoms. The summed E-state index contributed by atoms with van der Waals surface area (Å²) < 4.78 is 0. The van der Waals surface area contributed by atoms with E-state index in [1.807, 2.05) is 18.2 Å². The molecule has 0 aromatic heterocycles. The molecule has 0 unspecified atom stereocenters. The van der Waals surface area contributed by atoms with Crippen LogP contribution in [0.5, 0.6) is 0 Å². The highest BCUT2D eigenvalue weighted by Crippen LogP contribution is 2.10. The quantitative estimate of drug-likeness (QED) is 0.666. The molecule has 0 aliphatic carbocycles. The normalized spacial score (nSPS) is 10.5. The van der Waals surface area contributed by atoms with Crippen LogP contribution >= 0.6 is 0 Å². The number of carbonyl (C=O) groups excluding carboxylic acids is 3. The van der Waals surface area contributed by atoms with Crippen molar-refractivity contribution < 1.29 is 14.4 Å². The SMILES string of the molecule is CC(=O)Nc1ccc(/C=C/C(=O)NCCc2cccc(C(N)=O)c2)cc1. The van der Waals surface area contributed by atoms with Crippen LogP contribution in [0, 0.1) is 0 Å². The topological polar surface area (TPSA) is 101 Å². The van der Waals surface area contributed by atoms with E-state index in [-0.39, 0.29) is 11.8 Å². The number of anilines is 1. The molecular weight excluding hydrogens is 330 g/mol. The van der Waals surface area contributed by atoms with Crippen LogP contribution in [0.15, 0.2) is 54.6 Å². The summed E-state index contributed by atoms with van der Waals surface area (Å²) in [6.45, 7) is 1.90. The first kappa shape index (κ1) is 18.9. The Morgan fingerprint density at radius 3 is 2.46 bits per heavy atom. The highest BCUT2D eigenvalue weighted by atomic mass is 16.2. The molecule has 0 saturated carbocycles. The first-order valence-corrected chi connectivity index (χ1v) is 8.16. The van der Waals surface area contributed by atoms with Crippen LogP contribution in [0.4, 0.5) is 5.69 Å². The molecule has 0 fully saturated rings. The summed E-state index contributed by atoms with van der Waals surface area (Å²) in [5, 5.41) is 5.47. The van der Waals surface area contributed by atoms with Gasteiger partial charge in [0.05, 0.1) is 0 Å². The zero-order chi connectivity index (χ0) is 18.9. The van der Waals surface area contributed by atoms with E-state index in [1.54, 1.807) is 36.4 Å². The molecule has 0 bridgehead atoms. The standard InChI is InChI=1S/C20H21N3O3/c1-14(24)23-18-8-5-15(6-9-18)7-10-19(25)22-12-11-16-3-2-4-17(13-16)20(21)26/h2-10,13H,11-12H2,1H3,(H2,21,26)(H,22,25)(H,23,24)/b10-7+. The Kier molecular flexibility index (Phi) is 6.68. The highest BCUT2D eigenvalue weighted by Gasteiger charge is 2.02. The number of rotatable bonds is 7. The third-order valence-electron chi connectivity index (χ3n) is 3.58. The number of nitrogens with two attached hydrogens (primary N) is 1. The monoisotopic (exact) mass is 351 g/mol. The van der Waals surface area contributed by atoms with Crippen LogP contribution in [0.3, 0.4) is 0 Å². The number of carbonyl (C=O) groups is 3. The Labute approximate surface area is 152 Å². The molecular formula is C20H21N3O3. The van der Waals surface area contributed by atoms with Crippen molar-refractivity contribution >= 4 is 29.5 Å². The maximum atomic E-state index is 11.9. The number of nitrogens with one attached hydrogen (secondary N) is 2. The molecule has 0 spiro atoms. The fraction of sp³-hybridized carbons (Fsp3) is 0.150. The van der Waals surface area contributed by atoms with Gasteiger partial charge in [0.1, 0.15) is 0 Å². The summed E-state index contributed by atoms with van der Waals surface area (Å²) in [5.41, 5.74) is 8.19. The van der Waals surface area contributed by atoms with Crippen molar-refractivity contribution in [3.05, 3.63) is 71.3 Å². The number of hydrogen-bond donors (Lipinski definition) is 3. The molecule has 134 valence electrons. The van der Waals surface area contributed by atoms with Gasteiger partial charge in [-0.25, -0.2) is 0 Å². The van der Waals surface area contributed by atoms with Gasteiger partial charge in [-0.2, -0.15) is 0 Å². The van der Waals surface area contributed by atoms with Crippen molar-refractivity contribution in [2.75, 3.05) is 11.9 Å². The maximum absolute atomic E-state index is 11.9. The average Bonchev–Trinajstić information content (AvgIpc) is 2.61. The van der Waals surface area contributed by atoms with Crippen molar-refractivity contribution in [2.45, 2.75) is 13.3 Å². The Bertz CT molecular complexity index is 826. The van der Waals surface area contributed by atoms with Gasteiger partial charge in [-0.05, 0) is 47.9 Å². The van der Waals surface area contributed by atoms with Gasteiger partial charge in [0, 0.05) is 30.8 Å². The molecule has 4 N–H and O–H groups in total. The van der Waals surface area contributed by atoms with E-state index >= 15 is 0 Å². The summed E-state index contributed by atoms with van der Waals surface area (Å²) in [4.78, 5) is 34.0. The minimum Gasteiger partial charge on any atom is -0.366 e. The molecule has 6 heteroatoms. The van der Waals surface area contributed by atoms with Gasteiger partial charge in [0.15, 0.2) is 0 Å². The minimum atomic E-state index is -0.469. The minimum absolute atomic E-state index is 0.131. The summed E-state index contributed by atoms with van der Waals surface area (Å²) in [6.07, 6.45) is 3.75. The fourth-order valence-electron chi connectivity index (χ4n) is 2.32. The van der Waals surface area contributed by atoms with Crippen molar-refractivity contribution in [3.8, 4) is 0 Å².